The van der Waals surface area contributed by atoms with Crippen LogP contribution in [0.5, 0.6) is 0 Å². The first-order valence-corrected chi connectivity index (χ1v) is 4.93. The van der Waals surface area contributed by atoms with E-state index in [1.165, 1.54) is 5.56 Å². The summed E-state index contributed by atoms with van der Waals surface area (Å²) in [4.78, 5) is 0. The average Bonchev–Trinajstić information content (AvgIpc) is 2.67. The van der Waals surface area contributed by atoms with E-state index in [2.05, 4.69) is 5.16 Å². The molecule has 1 saturated heterocycles. The topological polar surface area (TPSA) is 61.3 Å². The summed E-state index contributed by atoms with van der Waals surface area (Å²) in [5, 5.41) is 3.93. The number of hydrogen-bond donors (Lipinski definition) is 1. The van der Waals surface area contributed by atoms with Gasteiger partial charge >= 0.3 is 0 Å². The third-order valence-corrected chi connectivity index (χ3v) is 2.90. The fourth-order valence-electron chi connectivity index (χ4n) is 1.88. The molecule has 1 aliphatic rings. The maximum atomic E-state index is 5.92. The molecule has 0 bridgehead atoms. The SMILES string of the molecule is Cc1noc(C)c1CC1COCC1N. The zero-order valence-electron chi connectivity index (χ0n) is 8.62. The molecule has 1 aromatic rings. The molecular weight excluding hydrogens is 180 g/mol. The Morgan fingerprint density at radius 3 is 2.71 bits per heavy atom. The van der Waals surface area contributed by atoms with Gasteiger partial charge in [0.05, 0.1) is 18.9 Å². The van der Waals surface area contributed by atoms with Gasteiger partial charge in [0.1, 0.15) is 5.76 Å². The third kappa shape index (κ3) is 1.67. The van der Waals surface area contributed by atoms with Crippen LogP contribution in [0.1, 0.15) is 17.0 Å². The highest BCUT2D eigenvalue weighted by Crippen LogP contribution is 2.21. The normalized spacial score (nSPS) is 27.1. The predicted octanol–water partition coefficient (Wildman–Crippen LogP) is 0.808. The van der Waals surface area contributed by atoms with Crippen LogP contribution in [0.2, 0.25) is 0 Å². The van der Waals surface area contributed by atoms with Crippen molar-refractivity contribution < 1.29 is 9.26 Å². The first-order valence-electron chi connectivity index (χ1n) is 4.93. The molecule has 0 aromatic carbocycles. The monoisotopic (exact) mass is 196 g/mol. The number of ether oxygens (including phenoxy) is 1. The van der Waals surface area contributed by atoms with Gasteiger partial charge in [-0.25, -0.2) is 0 Å². The second-order valence-electron chi connectivity index (χ2n) is 3.97. The van der Waals surface area contributed by atoms with Crippen molar-refractivity contribution in [3.63, 3.8) is 0 Å². The van der Waals surface area contributed by atoms with E-state index in [1.807, 2.05) is 13.8 Å². The number of nitrogens with zero attached hydrogens (tertiary/aromatic N) is 1. The fraction of sp³-hybridized carbons (Fsp3) is 0.700. The van der Waals surface area contributed by atoms with Crippen molar-refractivity contribution in [2.45, 2.75) is 26.3 Å². The van der Waals surface area contributed by atoms with Crippen LogP contribution >= 0.6 is 0 Å². The van der Waals surface area contributed by atoms with Crippen LogP contribution in [0.3, 0.4) is 0 Å². The Labute approximate surface area is 83.4 Å². The van der Waals surface area contributed by atoms with Crippen molar-refractivity contribution in [3.8, 4) is 0 Å². The maximum Gasteiger partial charge on any atom is 0.137 e. The van der Waals surface area contributed by atoms with E-state index in [0.29, 0.717) is 12.5 Å². The first-order chi connectivity index (χ1) is 6.68. The molecule has 2 unspecified atom stereocenters. The van der Waals surface area contributed by atoms with Gasteiger partial charge in [-0.1, -0.05) is 5.16 Å². The molecule has 2 N–H and O–H groups in total. The number of aromatic nitrogens is 1. The largest absolute Gasteiger partial charge is 0.379 e. The number of nitrogens with two attached hydrogens (primary N) is 1. The molecule has 2 atom stereocenters. The molecular formula is C10H16N2O2. The number of aryl methyl sites for hydroxylation is 2. The number of hydrogen-bond acceptors (Lipinski definition) is 4. The van der Waals surface area contributed by atoms with Crippen molar-refractivity contribution in [2.24, 2.45) is 11.7 Å². The van der Waals surface area contributed by atoms with E-state index in [0.717, 1.165) is 24.5 Å². The van der Waals surface area contributed by atoms with Gasteiger partial charge in [0.25, 0.3) is 0 Å². The minimum absolute atomic E-state index is 0.156. The van der Waals surface area contributed by atoms with E-state index in [1.54, 1.807) is 0 Å². The highest BCUT2D eigenvalue weighted by atomic mass is 16.5. The van der Waals surface area contributed by atoms with E-state index >= 15 is 0 Å². The zero-order chi connectivity index (χ0) is 10.1. The second-order valence-corrected chi connectivity index (χ2v) is 3.97. The summed E-state index contributed by atoms with van der Waals surface area (Å²) < 4.78 is 10.4. The summed E-state index contributed by atoms with van der Waals surface area (Å²) in [6, 6.07) is 0.156. The van der Waals surface area contributed by atoms with Gasteiger partial charge in [-0.05, 0) is 20.3 Å². The molecule has 0 spiro atoms. The lowest BCUT2D eigenvalue weighted by Gasteiger charge is -2.11. The molecule has 2 rings (SSSR count). The van der Waals surface area contributed by atoms with Crippen LogP contribution in [0.15, 0.2) is 4.52 Å². The second kappa shape index (κ2) is 3.71. The van der Waals surface area contributed by atoms with Crippen LogP contribution < -0.4 is 5.73 Å². The lowest BCUT2D eigenvalue weighted by atomic mass is 9.95. The summed E-state index contributed by atoms with van der Waals surface area (Å²) in [5.41, 5.74) is 8.08. The molecule has 14 heavy (non-hydrogen) atoms. The van der Waals surface area contributed by atoms with Crippen molar-refractivity contribution in [1.29, 1.82) is 0 Å². The highest BCUT2D eigenvalue weighted by Gasteiger charge is 2.27. The lowest BCUT2D eigenvalue weighted by molar-refractivity contribution is 0.184. The number of rotatable bonds is 2. The van der Waals surface area contributed by atoms with Gasteiger partial charge in [-0.3, -0.25) is 0 Å². The van der Waals surface area contributed by atoms with Gasteiger partial charge in [0.15, 0.2) is 0 Å². The van der Waals surface area contributed by atoms with Crippen LogP contribution in [-0.2, 0) is 11.2 Å². The molecule has 0 aliphatic carbocycles. The molecule has 0 radical (unpaired) electrons. The minimum atomic E-state index is 0.156. The smallest absolute Gasteiger partial charge is 0.137 e. The molecule has 0 amide bonds. The van der Waals surface area contributed by atoms with Crippen molar-refractivity contribution >= 4 is 0 Å². The Morgan fingerprint density at radius 2 is 2.21 bits per heavy atom. The minimum Gasteiger partial charge on any atom is -0.379 e. The van der Waals surface area contributed by atoms with Crippen LogP contribution in [-0.4, -0.2) is 24.4 Å². The summed E-state index contributed by atoms with van der Waals surface area (Å²) in [6.45, 7) is 5.34. The van der Waals surface area contributed by atoms with Gasteiger partial charge in [0, 0.05) is 17.5 Å². The first kappa shape index (κ1) is 9.68. The molecule has 2 heterocycles. The van der Waals surface area contributed by atoms with Crippen molar-refractivity contribution in [2.75, 3.05) is 13.2 Å². The summed E-state index contributed by atoms with van der Waals surface area (Å²) in [5.74, 6) is 1.31. The Kier molecular flexibility index (Phi) is 2.56. The van der Waals surface area contributed by atoms with Crippen molar-refractivity contribution in [1.82, 2.24) is 5.16 Å². The Hall–Kier alpha value is -0.870. The highest BCUT2D eigenvalue weighted by molar-refractivity contribution is 5.21. The summed E-state index contributed by atoms with van der Waals surface area (Å²) in [7, 11) is 0. The zero-order valence-corrected chi connectivity index (χ0v) is 8.62. The quantitative estimate of drug-likeness (QED) is 0.760. The van der Waals surface area contributed by atoms with Crippen molar-refractivity contribution in [3.05, 3.63) is 17.0 Å². The van der Waals surface area contributed by atoms with Gasteiger partial charge < -0.3 is 15.0 Å². The van der Waals surface area contributed by atoms with Crippen LogP contribution in [0, 0.1) is 19.8 Å². The Morgan fingerprint density at radius 1 is 1.43 bits per heavy atom. The van der Waals surface area contributed by atoms with Gasteiger partial charge in [-0.15, -0.1) is 0 Å². The molecule has 4 heteroatoms. The fourth-order valence-corrected chi connectivity index (χ4v) is 1.88. The summed E-state index contributed by atoms with van der Waals surface area (Å²) >= 11 is 0. The molecule has 1 aliphatic heterocycles. The Bertz CT molecular complexity index is 302. The van der Waals surface area contributed by atoms with E-state index < -0.39 is 0 Å². The van der Waals surface area contributed by atoms with Crippen LogP contribution in [0.4, 0.5) is 0 Å². The molecule has 1 fully saturated rings. The molecule has 78 valence electrons. The maximum absolute atomic E-state index is 5.92. The molecule has 4 nitrogen and oxygen atoms in total. The average molecular weight is 196 g/mol. The van der Waals surface area contributed by atoms with Crippen LogP contribution in [0.25, 0.3) is 0 Å². The Balaban J connectivity index is 2.10. The third-order valence-electron chi connectivity index (χ3n) is 2.90. The predicted molar refractivity (Wildman–Crippen MR) is 52.0 cm³/mol. The standard InChI is InChI=1S/C10H16N2O2/c1-6-9(7(2)14-12-6)3-8-4-13-5-10(8)11/h8,10H,3-5,11H2,1-2H3. The van der Waals surface area contributed by atoms with E-state index in [9.17, 15) is 0 Å². The summed E-state index contributed by atoms with van der Waals surface area (Å²) in [6.07, 6.45) is 0.919. The molecule has 0 saturated carbocycles. The van der Waals surface area contributed by atoms with Gasteiger partial charge in [0.2, 0.25) is 0 Å². The lowest BCUT2D eigenvalue weighted by Crippen LogP contribution is -2.30. The van der Waals surface area contributed by atoms with E-state index in [-0.39, 0.29) is 6.04 Å². The van der Waals surface area contributed by atoms with E-state index in [4.69, 9.17) is 15.0 Å². The van der Waals surface area contributed by atoms with Gasteiger partial charge in [-0.2, -0.15) is 0 Å². The molecule has 1 aromatic heterocycles.